The summed E-state index contributed by atoms with van der Waals surface area (Å²) in [4.78, 5) is 59.8. The maximum atomic E-state index is 13.2. The van der Waals surface area contributed by atoms with E-state index < -0.39 is 29.7 Å². The summed E-state index contributed by atoms with van der Waals surface area (Å²) in [5, 5.41) is 13.4. The molecule has 2 saturated carbocycles. The number of carbonyl (C=O) groups is 4. The second-order valence-corrected chi connectivity index (χ2v) is 14.6. The van der Waals surface area contributed by atoms with Gasteiger partial charge in [0.05, 0.1) is 23.5 Å². The van der Waals surface area contributed by atoms with Gasteiger partial charge in [-0.05, 0) is 72.9 Å². The Balaban J connectivity index is 0.797. The van der Waals surface area contributed by atoms with Crippen LogP contribution < -0.4 is 20.1 Å². The van der Waals surface area contributed by atoms with Crippen molar-refractivity contribution in [2.75, 3.05) is 5.32 Å². The van der Waals surface area contributed by atoms with Gasteiger partial charge in [0, 0.05) is 43.3 Å². The predicted molar refractivity (Wildman–Crippen MR) is 196 cm³/mol. The molecule has 9 rings (SSSR count). The van der Waals surface area contributed by atoms with Crippen molar-refractivity contribution >= 4 is 29.3 Å². The summed E-state index contributed by atoms with van der Waals surface area (Å²) in [6, 6.07) is 21.0. The van der Waals surface area contributed by atoms with Crippen LogP contribution in [-0.4, -0.2) is 66.9 Å². The molecular formula is C41H37N7O7. The number of anilines is 1. The van der Waals surface area contributed by atoms with Crippen molar-refractivity contribution in [3.63, 3.8) is 0 Å². The van der Waals surface area contributed by atoms with E-state index in [1.54, 1.807) is 37.5 Å². The first-order valence-corrected chi connectivity index (χ1v) is 18.5. The fraction of sp³-hybridized carbons (Fsp3) is 0.317. The number of aromatic nitrogens is 4. The van der Waals surface area contributed by atoms with Crippen LogP contribution in [0.2, 0.25) is 0 Å². The molecule has 0 radical (unpaired) electrons. The number of piperidine rings is 1. The molecule has 0 spiro atoms. The number of nitrogens with one attached hydrogen (secondary N) is 2. The van der Waals surface area contributed by atoms with Crippen LogP contribution in [0.25, 0.3) is 11.7 Å². The lowest BCUT2D eigenvalue weighted by molar-refractivity contribution is -0.136. The molecule has 1 saturated heterocycles. The fourth-order valence-corrected chi connectivity index (χ4v) is 8.19. The SMILES string of the molecule is Cc1nnc(-c2ncc(Oc3ccc(C4(c5ccc(O[C@H]6C[C@H](Nc7ccc8c(c7)C(=O)N(C7CCC(=O)NC7=O)C8=O)C6)cc5)CCCC4)cc3)cn2)o1. The van der Waals surface area contributed by atoms with E-state index in [1.165, 1.54) is 11.1 Å². The van der Waals surface area contributed by atoms with Crippen molar-refractivity contribution < 1.29 is 33.1 Å². The van der Waals surface area contributed by atoms with Crippen molar-refractivity contribution in [3.05, 3.63) is 107 Å². The number of ether oxygens (including phenoxy) is 2. The number of fused-ring (bicyclic) bond motifs is 1. The van der Waals surface area contributed by atoms with E-state index in [0.717, 1.165) is 54.9 Å². The Morgan fingerprint density at radius 1 is 0.818 bits per heavy atom. The maximum absolute atomic E-state index is 13.2. The number of carbonyl (C=O) groups excluding carboxylic acids is 4. The monoisotopic (exact) mass is 739 g/mol. The first-order chi connectivity index (χ1) is 26.7. The standard InChI is InChI=1S/C41H37N7O7/c1-23-46-47-38(53-23)36-42-21-31(22-43-36)55-29-11-6-25(7-12-29)41(16-2-3-17-41)24-4-9-28(10-5-24)54-30-18-27(19-30)44-26-8-13-32-33(20-26)40(52)48(39(32)51)34-14-15-35(49)45-37(34)50/h4-13,20-22,27,30,34,44H,2-3,14-19H2,1H3,(H,45,49,50)/t27-,30-,34?. The van der Waals surface area contributed by atoms with Crippen LogP contribution in [0.3, 0.4) is 0 Å². The van der Waals surface area contributed by atoms with Crippen LogP contribution in [0.4, 0.5) is 5.69 Å². The van der Waals surface area contributed by atoms with Crippen LogP contribution in [-0.2, 0) is 15.0 Å². The van der Waals surface area contributed by atoms with Gasteiger partial charge in [0.1, 0.15) is 23.6 Å². The van der Waals surface area contributed by atoms with E-state index in [-0.39, 0.29) is 47.4 Å². The number of hydrogen-bond acceptors (Lipinski definition) is 12. The highest BCUT2D eigenvalue weighted by Crippen LogP contribution is 2.47. The van der Waals surface area contributed by atoms with Crippen molar-refractivity contribution in [2.24, 2.45) is 0 Å². The summed E-state index contributed by atoms with van der Waals surface area (Å²) in [5.41, 5.74) is 3.66. The van der Waals surface area contributed by atoms with Gasteiger partial charge in [0.15, 0.2) is 5.75 Å². The molecule has 278 valence electrons. The van der Waals surface area contributed by atoms with Crippen molar-refractivity contribution in [3.8, 4) is 29.0 Å². The summed E-state index contributed by atoms with van der Waals surface area (Å²) in [5.74, 6) is 1.00. The van der Waals surface area contributed by atoms with Gasteiger partial charge in [-0.2, -0.15) is 0 Å². The summed E-state index contributed by atoms with van der Waals surface area (Å²) in [6.45, 7) is 1.71. The molecule has 0 bridgehead atoms. The van der Waals surface area contributed by atoms with E-state index in [0.29, 0.717) is 23.2 Å². The summed E-state index contributed by atoms with van der Waals surface area (Å²) in [7, 11) is 0. The molecular weight excluding hydrogens is 702 g/mol. The Morgan fingerprint density at radius 3 is 2.15 bits per heavy atom. The predicted octanol–water partition coefficient (Wildman–Crippen LogP) is 5.91. The largest absolute Gasteiger partial charge is 0.490 e. The molecule has 3 aromatic carbocycles. The third kappa shape index (κ3) is 6.47. The molecule has 2 aliphatic heterocycles. The van der Waals surface area contributed by atoms with E-state index in [2.05, 4.69) is 67.2 Å². The van der Waals surface area contributed by atoms with Gasteiger partial charge < -0.3 is 19.2 Å². The second kappa shape index (κ2) is 13.8. The molecule has 4 amide bonds. The molecule has 4 aliphatic rings. The Morgan fingerprint density at radius 2 is 1.49 bits per heavy atom. The lowest BCUT2D eigenvalue weighted by Crippen LogP contribution is -2.54. The number of aryl methyl sites for hydroxylation is 1. The molecule has 4 heterocycles. The van der Waals surface area contributed by atoms with Gasteiger partial charge >= 0.3 is 0 Å². The van der Waals surface area contributed by atoms with E-state index in [9.17, 15) is 19.2 Å². The van der Waals surface area contributed by atoms with Crippen molar-refractivity contribution in [1.29, 1.82) is 0 Å². The molecule has 14 heteroatoms. The Kier molecular flexibility index (Phi) is 8.59. The molecule has 2 aromatic heterocycles. The zero-order chi connectivity index (χ0) is 37.7. The molecule has 1 atom stereocenters. The number of nitrogens with zero attached hydrogens (tertiary/aromatic N) is 5. The smallest absolute Gasteiger partial charge is 0.285 e. The molecule has 5 aromatic rings. The van der Waals surface area contributed by atoms with Gasteiger partial charge in [0.25, 0.3) is 17.7 Å². The Hall–Kier alpha value is -6.44. The van der Waals surface area contributed by atoms with Gasteiger partial charge in [-0.1, -0.05) is 37.1 Å². The number of rotatable bonds is 10. The minimum atomic E-state index is -0.988. The fourth-order valence-electron chi connectivity index (χ4n) is 8.19. The first-order valence-electron chi connectivity index (χ1n) is 18.5. The number of amides is 4. The Labute approximate surface area is 315 Å². The first kappa shape index (κ1) is 34.3. The summed E-state index contributed by atoms with van der Waals surface area (Å²) >= 11 is 0. The van der Waals surface area contributed by atoms with Gasteiger partial charge in [-0.25, -0.2) is 9.97 Å². The number of hydrogen-bond donors (Lipinski definition) is 2. The van der Waals surface area contributed by atoms with E-state index in [4.69, 9.17) is 13.9 Å². The quantitative estimate of drug-likeness (QED) is 0.162. The third-order valence-electron chi connectivity index (χ3n) is 11.1. The lowest BCUT2D eigenvalue weighted by Gasteiger charge is -2.36. The van der Waals surface area contributed by atoms with Gasteiger partial charge in [-0.15, -0.1) is 10.2 Å². The van der Waals surface area contributed by atoms with Crippen LogP contribution in [0.5, 0.6) is 17.2 Å². The van der Waals surface area contributed by atoms with Crippen molar-refractivity contribution in [1.82, 2.24) is 30.4 Å². The van der Waals surface area contributed by atoms with E-state index >= 15 is 0 Å². The second-order valence-electron chi connectivity index (χ2n) is 14.6. The average Bonchev–Trinajstić information content (AvgIpc) is 3.91. The van der Waals surface area contributed by atoms with Gasteiger partial charge in [0.2, 0.25) is 23.5 Å². The average molecular weight is 740 g/mol. The molecule has 2 aliphatic carbocycles. The molecule has 2 N–H and O–H groups in total. The summed E-state index contributed by atoms with van der Waals surface area (Å²) < 4.78 is 17.8. The van der Waals surface area contributed by atoms with E-state index in [1.807, 2.05) is 12.1 Å². The van der Waals surface area contributed by atoms with Gasteiger partial charge in [-0.3, -0.25) is 29.4 Å². The molecule has 55 heavy (non-hydrogen) atoms. The van der Waals surface area contributed by atoms with Crippen LogP contribution >= 0.6 is 0 Å². The number of imide groups is 2. The normalized spacial score (nSPS) is 21.5. The zero-order valence-corrected chi connectivity index (χ0v) is 30.0. The highest BCUT2D eigenvalue weighted by Gasteiger charge is 2.45. The van der Waals surface area contributed by atoms with Crippen molar-refractivity contribution in [2.45, 2.75) is 81.9 Å². The van der Waals surface area contributed by atoms with Crippen LogP contribution in [0.1, 0.15) is 89.1 Å². The topological polar surface area (TPSA) is 179 Å². The minimum Gasteiger partial charge on any atom is -0.490 e. The maximum Gasteiger partial charge on any atom is 0.285 e. The summed E-state index contributed by atoms with van der Waals surface area (Å²) in [6.07, 6.45) is 9.41. The third-order valence-corrected chi connectivity index (χ3v) is 11.1. The van der Waals surface area contributed by atoms with Crippen LogP contribution in [0, 0.1) is 6.92 Å². The number of benzene rings is 3. The minimum absolute atomic E-state index is 0.0431. The molecule has 14 nitrogen and oxygen atoms in total. The lowest BCUT2D eigenvalue weighted by atomic mass is 9.73. The highest BCUT2D eigenvalue weighted by molar-refractivity contribution is 6.23. The van der Waals surface area contributed by atoms with Crippen LogP contribution in [0.15, 0.2) is 83.5 Å². The highest BCUT2D eigenvalue weighted by atomic mass is 16.5. The molecule has 3 fully saturated rings. The molecule has 1 unspecified atom stereocenters. The Bertz CT molecular complexity index is 2290. The zero-order valence-electron chi connectivity index (χ0n) is 30.0.